The fourth-order valence-electron chi connectivity index (χ4n) is 0.768. The van der Waals surface area contributed by atoms with Crippen molar-refractivity contribution in [1.29, 1.82) is 5.26 Å². The van der Waals surface area contributed by atoms with Gasteiger partial charge in [0.15, 0.2) is 14.9 Å². The normalized spacial score (nSPS) is 10.8. The molecule has 0 atom stereocenters. The molecule has 0 unspecified atom stereocenters. The van der Waals surface area contributed by atoms with E-state index in [0.717, 1.165) is 12.6 Å². The van der Waals surface area contributed by atoms with Crippen molar-refractivity contribution in [2.75, 3.05) is 12.0 Å². The maximum Gasteiger partial charge on any atom is 0.194 e. The van der Waals surface area contributed by atoms with E-state index in [9.17, 15) is 8.42 Å². The fourth-order valence-corrected chi connectivity index (χ4v) is 1.53. The van der Waals surface area contributed by atoms with Crippen LogP contribution in [-0.2, 0) is 9.84 Å². The van der Waals surface area contributed by atoms with Gasteiger partial charge in [-0.1, -0.05) is 0 Å². The van der Waals surface area contributed by atoms with Crippen LogP contribution in [0.25, 0.3) is 0 Å². The predicted molar refractivity (Wildman–Crippen MR) is 44.3 cm³/mol. The Morgan fingerprint density at radius 1 is 1.54 bits per heavy atom. The van der Waals surface area contributed by atoms with Crippen molar-refractivity contribution in [1.82, 2.24) is 9.97 Å². The second-order valence-electron chi connectivity index (χ2n) is 2.32. The van der Waals surface area contributed by atoms with Crippen molar-refractivity contribution < 1.29 is 8.42 Å². The molecule has 0 fully saturated rings. The highest BCUT2D eigenvalue weighted by atomic mass is 32.2. The number of hydrogen-bond acceptors (Lipinski definition) is 6. The number of nitrogens with zero attached hydrogens (tertiary/aromatic N) is 3. The van der Waals surface area contributed by atoms with E-state index in [1.54, 1.807) is 6.07 Å². The summed E-state index contributed by atoms with van der Waals surface area (Å²) in [4.78, 5) is 6.98. The molecule has 2 N–H and O–H groups in total. The maximum atomic E-state index is 11.1. The van der Waals surface area contributed by atoms with Gasteiger partial charge in [0.25, 0.3) is 0 Å². The molecule has 0 saturated heterocycles. The van der Waals surface area contributed by atoms with Crippen LogP contribution in [0.3, 0.4) is 0 Å². The van der Waals surface area contributed by atoms with Gasteiger partial charge >= 0.3 is 0 Å². The Morgan fingerprint density at radius 3 is 2.54 bits per heavy atom. The summed E-state index contributed by atoms with van der Waals surface area (Å²) < 4.78 is 22.1. The Balaban J connectivity index is 3.59. The molecule has 1 aromatic heterocycles. The number of sulfone groups is 1. The van der Waals surface area contributed by atoms with Crippen molar-refractivity contribution in [3.8, 4) is 6.07 Å². The van der Waals surface area contributed by atoms with E-state index in [1.165, 1.54) is 0 Å². The molecule has 1 heterocycles. The molecule has 7 heteroatoms. The van der Waals surface area contributed by atoms with E-state index < -0.39 is 9.84 Å². The molecule has 1 rings (SSSR count). The SMILES string of the molecule is CS(=O)(=O)c1ncnc(N)c1C#N. The van der Waals surface area contributed by atoms with E-state index >= 15 is 0 Å². The third-order valence-corrected chi connectivity index (χ3v) is 2.32. The van der Waals surface area contributed by atoms with Gasteiger partial charge in [-0.3, -0.25) is 0 Å². The molecule has 0 aliphatic carbocycles. The topological polar surface area (TPSA) is 110 Å². The molecule has 0 saturated carbocycles. The highest BCUT2D eigenvalue weighted by Crippen LogP contribution is 2.14. The summed E-state index contributed by atoms with van der Waals surface area (Å²) in [5, 5.41) is 8.26. The van der Waals surface area contributed by atoms with Crippen molar-refractivity contribution in [3.63, 3.8) is 0 Å². The molecule has 0 aromatic carbocycles. The molecule has 68 valence electrons. The smallest absolute Gasteiger partial charge is 0.194 e. The van der Waals surface area contributed by atoms with E-state index in [1.807, 2.05) is 0 Å². The second kappa shape index (κ2) is 2.99. The van der Waals surface area contributed by atoms with Crippen molar-refractivity contribution >= 4 is 15.7 Å². The predicted octanol–water partition coefficient (Wildman–Crippen LogP) is -0.666. The number of hydrogen-bond donors (Lipinski definition) is 1. The number of nitriles is 1. The minimum Gasteiger partial charge on any atom is -0.382 e. The van der Waals surface area contributed by atoms with Crippen LogP contribution in [0.2, 0.25) is 0 Å². The Morgan fingerprint density at radius 2 is 2.15 bits per heavy atom. The van der Waals surface area contributed by atoms with Gasteiger partial charge in [0.1, 0.15) is 23.8 Å². The first-order valence-corrected chi connectivity index (χ1v) is 5.06. The van der Waals surface area contributed by atoms with Gasteiger partial charge in [0, 0.05) is 6.26 Å². The van der Waals surface area contributed by atoms with Crippen LogP contribution in [0.5, 0.6) is 0 Å². The molecule has 0 spiro atoms. The first-order valence-electron chi connectivity index (χ1n) is 3.17. The van der Waals surface area contributed by atoms with E-state index in [0.29, 0.717) is 0 Å². The monoisotopic (exact) mass is 198 g/mol. The zero-order valence-electron chi connectivity index (χ0n) is 6.72. The third-order valence-electron chi connectivity index (χ3n) is 1.30. The lowest BCUT2D eigenvalue weighted by molar-refractivity contribution is 0.597. The minimum atomic E-state index is -3.52. The van der Waals surface area contributed by atoms with Crippen molar-refractivity contribution in [3.05, 3.63) is 11.9 Å². The highest BCUT2D eigenvalue weighted by molar-refractivity contribution is 7.90. The Kier molecular flexibility index (Phi) is 2.16. The summed E-state index contributed by atoms with van der Waals surface area (Å²) in [6.07, 6.45) is 1.96. The molecular weight excluding hydrogens is 192 g/mol. The zero-order chi connectivity index (χ0) is 10.1. The molecule has 6 nitrogen and oxygen atoms in total. The molecular formula is C6H6N4O2S. The van der Waals surface area contributed by atoms with E-state index in [-0.39, 0.29) is 16.4 Å². The standard InChI is InChI=1S/C6H6N4O2S/c1-13(11,12)6-4(2-7)5(8)9-3-10-6/h3H,1H3,(H2,8,9,10). The Bertz CT molecular complexity index is 474. The summed E-state index contributed by atoms with van der Waals surface area (Å²) in [7, 11) is -3.52. The summed E-state index contributed by atoms with van der Waals surface area (Å²) in [5.41, 5.74) is 5.09. The van der Waals surface area contributed by atoms with Crippen LogP contribution >= 0.6 is 0 Å². The fraction of sp³-hybridized carbons (Fsp3) is 0.167. The van der Waals surface area contributed by atoms with Crippen LogP contribution in [0.15, 0.2) is 11.4 Å². The second-order valence-corrected chi connectivity index (χ2v) is 4.25. The summed E-state index contributed by atoms with van der Waals surface area (Å²) in [6.45, 7) is 0. The Hall–Kier alpha value is -1.68. The summed E-state index contributed by atoms with van der Waals surface area (Å²) in [6, 6.07) is 1.64. The quantitative estimate of drug-likeness (QED) is 0.599. The molecule has 0 amide bonds. The van der Waals surface area contributed by atoms with Crippen LogP contribution < -0.4 is 5.73 Å². The molecule has 0 bridgehead atoms. The number of aromatic nitrogens is 2. The van der Waals surface area contributed by atoms with E-state index in [2.05, 4.69) is 9.97 Å². The lowest BCUT2D eigenvalue weighted by atomic mass is 10.3. The van der Waals surface area contributed by atoms with Gasteiger partial charge in [-0.05, 0) is 0 Å². The highest BCUT2D eigenvalue weighted by Gasteiger charge is 2.17. The maximum absolute atomic E-state index is 11.1. The summed E-state index contributed by atoms with van der Waals surface area (Å²) in [5.74, 6) is -0.127. The van der Waals surface area contributed by atoms with Gasteiger partial charge in [-0.25, -0.2) is 18.4 Å². The molecule has 1 aromatic rings. The van der Waals surface area contributed by atoms with Gasteiger partial charge < -0.3 is 5.73 Å². The third kappa shape index (κ3) is 1.73. The van der Waals surface area contributed by atoms with Gasteiger partial charge in [-0.2, -0.15) is 5.26 Å². The molecule has 0 radical (unpaired) electrons. The minimum absolute atomic E-state index is 0.127. The first kappa shape index (κ1) is 9.41. The van der Waals surface area contributed by atoms with Crippen molar-refractivity contribution in [2.45, 2.75) is 5.03 Å². The molecule has 13 heavy (non-hydrogen) atoms. The van der Waals surface area contributed by atoms with Crippen molar-refractivity contribution in [2.24, 2.45) is 0 Å². The lowest BCUT2D eigenvalue weighted by Crippen LogP contribution is -2.07. The van der Waals surface area contributed by atoms with Gasteiger partial charge in [0.2, 0.25) is 0 Å². The number of anilines is 1. The van der Waals surface area contributed by atoms with Crippen LogP contribution in [0, 0.1) is 11.3 Å². The average Bonchev–Trinajstić information content (AvgIpc) is 2.02. The number of nitrogens with two attached hydrogens (primary N) is 1. The van der Waals surface area contributed by atoms with Crippen LogP contribution in [0.1, 0.15) is 5.56 Å². The lowest BCUT2D eigenvalue weighted by Gasteiger charge is -2.00. The number of rotatable bonds is 1. The average molecular weight is 198 g/mol. The Labute approximate surface area is 75.0 Å². The summed E-state index contributed by atoms with van der Waals surface area (Å²) >= 11 is 0. The molecule has 0 aliphatic rings. The first-order chi connectivity index (χ1) is 5.96. The van der Waals surface area contributed by atoms with Crippen LogP contribution in [0.4, 0.5) is 5.82 Å². The van der Waals surface area contributed by atoms with Gasteiger partial charge in [-0.15, -0.1) is 0 Å². The largest absolute Gasteiger partial charge is 0.382 e. The van der Waals surface area contributed by atoms with E-state index in [4.69, 9.17) is 11.0 Å². The number of nitrogen functional groups attached to an aromatic ring is 1. The van der Waals surface area contributed by atoms with Gasteiger partial charge in [0.05, 0.1) is 0 Å². The zero-order valence-corrected chi connectivity index (χ0v) is 7.54. The van der Waals surface area contributed by atoms with Crippen LogP contribution in [-0.4, -0.2) is 24.6 Å². The molecule has 0 aliphatic heterocycles.